The van der Waals surface area contributed by atoms with E-state index in [9.17, 15) is 4.79 Å². The monoisotopic (exact) mass is 308 g/mol. The minimum atomic E-state index is -0.199. The molecule has 0 N–H and O–H groups in total. The zero-order valence-electron chi connectivity index (χ0n) is 14.1. The SMILES string of the molecule is [C-]#[N+]c1ccc2c(c1)CC(C)(C)N=C2CC(=O)C1CCCCC1. The molecule has 0 unspecified atom stereocenters. The van der Waals surface area contributed by atoms with Crippen molar-refractivity contribution < 1.29 is 4.79 Å². The first-order valence-electron chi connectivity index (χ1n) is 8.61. The van der Waals surface area contributed by atoms with E-state index >= 15 is 0 Å². The first-order valence-corrected chi connectivity index (χ1v) is 8.61. The average molecular weight is 308 g/mol. The lowest BCUT2D eigenvalue weighted by Gasteiger charge is -2.30. The van der Waals surface area contributed by atoms with Crippen molar-refractivity contribution in [2.45, 2.75) is 64.3 Å². The largest absolute Gasteiger partial charge is 0.299 e. The van der Waals surface area contributed by atoms with Gasteiger partial charge in [0.05, 0.1) is 17.8 Å². The Morgan fingerprint density at radius 2 is 2.04 bits per heavy atom. The fraction of sp³-hybridized carbons (Fsp3) is 0.550. The summed E-state index contributed by atoms with van der Waals surface area (Å²) in [4.78, 5) is 21.1. The number of nitrogens with zero attached hydrogens (tertiary/aromatic N) is 2. The van der Waals surface area contributed by atoms with Crippen LogP contribution in [-0.4, -0.2) is 17.0 Å². The smallest absolute Gasteiger partial charge is 0.187 e. The molecule has 23 heavy (non-hydrogen) atoms. The Bertz CT molecular complexity index is 688. The first-order chi connectivity index (χ1) is 11.0. The number of fused-ring (bicyclic) bond motifs is 1. The minimum Gasteiger partial charge on any atom is -0.299 e. The molecular formula is C20H24N2O. The highest BCUT2D eigenvalue weighted by atomic mass is 16.1. The van der Waals surface area contributed by atoms with E-state index in [4.69, 9.17) is 11.6 Å². The third-order valence-electron chi connectivity index (χ3n) is 4.99. The van der Waals surface area contributed by atoms with Crippen molar-refractivity contribution in [2.24, 2.45) is 10.9 Å². The Labute approximate surface area is 138 Å². The minimum absolute atomic E-state index is 0.199. The summed E-state index contributed by atoms with van der Waals surface area (Å²) in [6, 6.07) is 5.78. The van der Waals surface area contributed by atoms with Crippen LogP contribution in [0.25, 0.3) is 4.85 Å². The van der Waals surface area contributed by atoms with Crippen molar-refractivity contribution in [3.05, 3.63) is 40.7 Å². The van der Waals surface area contributed by atoms with Gasteiger partial charge in [-0.1, -0.05) is 37.5 Å². The molecule has 2 aliphatic rings. The van der Waals surface area contributed by atoms with Crippen molar-refractivity contribution in [3.63, 3.8) is 0 Å². The van der Waals surface area contributed by atoms with Gasteiger partial charge in [0.15, 0.2) is 5.69 Å². The van der Waals surface area contributed by atoms with Gasteiger partial charge >= 0.3 is 0 Å². The summed E-state index contributed by atoms with van der Waals surface area (Å²) in [5, 5.41) is 0. The Morgan fingerprint density at radius 3 is 2.74 bits per heavy atom. The van der Waals surface area contributed by atoms with Gasteiger partial charge in [-0.05, 0) is 44.2 Å². The summed E-state index contributed by atoms with van der Waals surface area (Å²) < 4.78 is 0. The van der Waals surface area contributed by atoms with Crippen LogP contribution in [0.4, 0.5) is 5.69 Å². The van der Waals surface area contributed by atoms with Crippen molar-refractivity contribution in [3.8, 4) is 0 Å². The molecule has 0 amide bonds. The highest BCUT2D eigenvalue weighted by Crippen LogP contribution is 2.32. The predicted octanol–water partition coefficient (Wildman–Crippen LogP) is 4.90. The molecule has 1 aliphatic heterocycles. The van der Waals surface area contributed by atoms with Crippen LogP contribution in [0.2, 0.25) is 0 Å². The molecule has 0 saturated heterocycles. The summed E-state index contributed by atoms with van der Waals surface area (Å²) in [7, 11) is 0. The molecule has 120 valence electrons. The van der Waals surface area contributed by atoms with Crippen LogP contribution in [0, 0.1) is 12.5 Å². The molecule has 1 heterocycles. The van der Waals surface area contributed by atoms with Gasteiger partial charge in [0.25, 0.3) is 0 Å². The van der Waals surface area contributed by atoms with Crippen LogP contribution >= 0.6 is 0 Å². The Balaban J connectivity index is 1.87. The third kappa shape index (κ3) is 3.52. The van der Waals surface area contributed by atoms with E-state index in [1.165, 1.54) is 19.3 Å². The molecular weight excluding hydrogens is 284 g/mol. The van der Waals surface area contributed by atoms with E-state index in [2.05, 4.69) is 18.7 Å². The molecule has 0 bridgehead atoms. The number of carbonyl (C=O) groups excluding carboxylic acids is 1. The molecule has 0 atom stereocenters. The van der Waals surface area contributed by atoms with Crippen LogP contribution < -0.4 is 0 Å². The quantitative estimate of drug-likeness (QED) is 0.731. The van der Waals surface area contributed by atoms with Crippen LogP contribution in [0.5, 0.6) is 0 Å². The van der Waals surface area contributed by atoms with Gasteiger partial charge in [0.1, 0.15) is 5.78 Å². The predicted molar refractivity (Wildman–Crippen MR) is 93.2 cm³/mol. The normalized spacial score (nSPS) is 20.3. The van der Waals surface area contributed by atoms with Gasteiger partial charge < -0.3 is 0 Å². The maximum absolute atomic E-state index is 12.7. The van der Waals surface area contributed by atoms with Crippen LogP contribution in [-0.2, 0) is 11.2 Å². The lowest BCUT2D eigenvalue weighted by Crippen LogP contribution is -2.31. The molecule has 1 aliphatic carbocycles. The van der Waals surface area contributed by atoms with Crippen LogP contribution in [0.3, 0.4) is 0 Å². The van der Waals surface area contributed by atoms with E-state index in [0.717, 1.165) is 36.1 Å². The van der Waals surface area contributed by atoms with E-state index in [1.54, 1.807) is 0 Å². The standard InChI is InChI=1S/C20H24N2O/c1-20(2)13-15-11-16(21-3)9-10-17(15)18(22-20)12-19(23)14-7-5-4-6-8-14/h9-11,14H,4-8,12-13H2,1-2H3. The van der Waals surface area contributed by atoms with E-state index in [1.807, 2.05) is 18.2 Å². The molecule has 0 spiro atoms. The molecule has 0 radical (unpaired) electrons. The molecule has 3 nitrogen and oxygen atoms in total. The summed E-state index contributed by atoms with van der Waals surface area (Å²) in [5.74, 6) is 0.573. The highest BCUT2D eigenvalue weighted by molar-refractivity contribution is 6.13. The van der Waals surface area contributed by atoms with E-state index < -0.39 is 0 Å². The van der Waals surface area contributed by atoms with Gasteiger partial charge in [-0.3, -0.25) is 9.79 Å². The third-order valence-corrected chi connectivity index (χ3v) is 4.99. The van der Waals surface area contributed by atoms with Crippen molar-refractivity contribution >= 4 is 17.2 Å². The number of carbonyl (C=O) groups is 1. The van der Waals surface area contributed by atoms with Crippen molar-refractivity contribution in [1.82, 2.24) is 0 Å². The van der Waals surface area contributed by atoms with Gasteiger partial charge in [-0.25, -0.2) is 4.85 Å². The van der Waals surface area contributed by atoms with E-state index in [-0.39, 0.29) is 11.5 Å². The van der Waals surface area contributed by atoms with Gasteiger partial charge in [0, 0.05) is 12.3 Å². The molecule has 3 rings (SSSR count). The van der Waals surface area contributed by atoms with Gasteiger partial charge in [-0.2, -0.15) is 0 Å². The fourth-order valence-corrected chi connectivity index (χ4v) is 3.88. The first kappa shape index (κ1) is 15.9. The number of ketones is 1. The van der Waals surface area contributed by atoms with E-state index in [0.29, 0.717) is 17.9 Å². The number of aliphatic imine (C=N–C) groups is 1. The number of benzene rings is 1. The number of hydrogen-bond acceptors (Lipinski definition) is 2. The fourth-order valence-electron chi connectivity index (χ4n) is 3.88. The maximum Gasteiger partial charge on any atom is 0.187 e. The topological polar surface area (TPSA) is 33.8 Å². The number of rotatable bonds is 3. The highest BCUT2D eigenvalue weighted by Gasteiger charge is 2.29. The zero-order chi connectivity index (χ0) is 16.4. The number of Topliss-reactive ketones (excluding diaryl/α,β-unsaturated/α-hetero) is 1. The summed E-state index contributed by atoms with van der Waals surface area (Å²) in [6.45, 7) is 11.4. The van der Waals surface area contributed by atoms with Crippen molar-refractivity contribution in [2.75, 3.05) is 0 Å². The van der Waals surface area contributed by atoms with Crippen LogP contribution in [0.15, 0.2) is 23.2 Å². The lowest BCUT2D eigenvalue weighted by atomic mass is 9.81. The maximum atomic E-state index is 12.7. The lowest BCUT2D eigenvalue weighted by molar-refractivity contribution is -0.122. The number of hydrogen-bond donors (Lipinski definition) is 0. The second-order valence-electron chi connectivity index (χ2n) is 7.48. The average Bonchev–Trinajstić information content (AvgIpc) is 2.54. The molecule has 1 aromatic carbocycles. The Kier molecular flexibility index (Phi) is 4.35. The summed E-state index contributed by atoms with van der Waals surface area (Å²) >= 11 is 0. The molecule has 1 saturated carbocycles. The summed E-state index contributed by atoms with van der Waals surface area (Å²) in [5.41, 5.74) is 3.61. The van der Waals surface area contributed by atoms with Crippen LogP contribution in [0.1, 0.15) is 63.5 Å². The molecule has 1 fully saturated rings. The molecule has 0 aromatic heterocycles. The van der Waals surface area contributed by atoms with Crippen molar-refractivity contribution in [1.29, 1.82) is 0 Å². The zero-order valence-corrected chi connectivity index (χ0v) is 14.1. The second-order valence-corrected chi connectivity index (χ2v) is 7.48. The molecule has 3 heteroatoms. The Hall–Kier alpha value is -1.95. The summed E-state index contributed by atoms with van der Waals surface area (Å²) in [6.07, 6.45) is 6.97. The van der Waals surface area contributed by atoms with Gasteiger partial charge in [0.2, 0.25) is 0 Å². The molecule has 1 aromatic rings. The Morgan fingerprint density at radius 1 is 1.30 bits per heavy atom. The second kappa shape index (κ2) is 6.28. The van der Waals surface area contributed by atoms with Gasteiger partial charge in [-0.15, -0.1) is 0 Å².